The molecule has 5 heteroatoms. The smallest absolute Gasteiger partial charge is 0.253 e. The highest BCUT2D eigenvalue weighted by Crippen LogP contribution is 2.22. The molecule has 1 aromatic heterocycles. The van der Waals surface area contributed by atoms with Crippen molar-refractivity contribution in [2.75, 3.05) is 33.0 Å². The number of hydrogen-bond donors (Lipinski definition) is 1. The number of pyridine rings is 1. The van der Waals surface area contributed by atoms with Gasteiger partial charge in [0.05, 0.1) is 0 Å². The highest BCUT2D eigenvalue weighted by molar-refractivity contribution is 5.94. The summed E-state index contributed by atoms with van der Waals surface area (Å²) < 4.78 is 0. The van der Waals surface area contributed by atoms with Crippen molar-refractivity contribution in [3.05, 3.63) is 59.3 Å². The number of aromatic nitrogens is 1. The van der Waals surface area contributed by atoms with Gasteiger partial charge in [0.2, 0.25) is 0 Å². The molecule has 0 aliphatic carbocycles. The zero-order valence-electron chi connectivity index (χ0n) is 14.5. The van der Waals surface area contributed by atoms with Crippen LogP contribution in [-0.2, 0) is 13.0 Å². The molecule has 1 unspecified atom stereocenters. The van der Waals surface area contributed by atoms with Crippen LogP contribution in [0.1, 0.15) is 21.5 Å². The molecular formula is C19H24N4O. The number of nitrogens with one attached hydrogen (secondary N) is 1. The lowest BCUT2D eigenvalue weighted by Gasteiger charge is -2.36. The lowest BCUT2D eigenvalue weighted by Crippen LogP contribution is -2.46. The van der Waals surface area contributed by atoms with Crippen molar-refractivity contribution in [1.29, 1.82) is 0 Å². The molecule has 1 atom stereocenters. The maximum absolute atomic E-state index is 12.7. The van der Waals surface area contributed by atoms with Gasteiger partial charge >= 0.3 is 0 Å². The number of fused-ring (bicyclic) bond motifs is 1. The molecule has 1 aromatic carbocycles. The molecule has 0 saturated heterocycles. The number of amides is 1. The third kappa shape index (κ3) is 3.41. The summed E-state index contributed by atoms with van der Waals surface area (Å²) in [5.74, 6) is 0.735. The summed E-state index contributed by atoms with van der Waals surface area (Å²) in [5, 5.41) is 2.97. The predicted molar refractivity (Wildman–Crippen MR) is 96.1 cm³/mol. The molecule has 5 nitrogen and oxygen atoms in total. The van der Waals surface area contributed by atoms with E-state index in [1.807, 2.05) is 11.9 Å². The number of likely N-dealkylation sites (N-methyl/N-ethyl adjacent to an activating group) is 2. The SMILES string of the molecule is CNc1cc(C(=O)N(C)CC2Cc3ccccc3CN2C)ccn1. The van der Waals surface area contributed by atoms with Gasteiger partial charge in [0, 0.05) is 45.0 Å². The molecule has 0 bridgehead atoms. The second kappa shape index (κ2) is 7.01. The molecule has 0 radical (unpaired) electrons. The van der Waals surface area contributed by atoms with Gasteiger partial charge in [-0.2, -0.15) is 0 Å². The second-order valence-electron chi connectivity index (χ2n) is 6.41. The number of hydrogen-bond acceptors (Lipinski definition) is 4. The van der Waals surface area contributed by atoms with Crippen LogP contribution >= 0.6 is 0 Å². The molecule has 0 spiro atoms. The number of anilines is 1. The van der Waals surface area contributed by atoms with Crippen LogP contribution in [0.3, 0.4) is 0 Å². The van der Waals surface area contributed by atoms with Crippen LogP contribution in [-0.4, -0.2) is 54.4 Å². The number of benzene rings is 1. The summed E-state index contributed by atoms with van der Waals surface area (Å²) >= 11 is 0. The van der Waals surface area contributed by atoms with Crippen molar-refractivity contribution >= 4 is 11.7 Å². The molecule has 2 aromatic rings. The molecule has 126 valence electrons. The van der Waals surface area contributed by atoms with Gasteiger partial charge in [0.25, 0.3) is 5.91 Å². The lowest BCUT2D eigenvalue weighted by molar-refractivity contribution is 0.0733. The topological polar surface area (TPSA) is 48.5 Å². The summed E-state index contributed by atoms with van der Waals surface area (Å²) in [6.45, 7) is 1.64. The zero-order chi connectivity index (χ0) is 17.1. The first-order valence-corrected chi connectivity index (χ1v) is 8.24. The van der Waals surface area contributed by atoms with Gasteiger partial charge in [-0.3, -0.25) is 9.69 Å². The van der Waals surface area contributed by atoms with Gasteiger partial charge in [-0.25, -0.2) is 4.98 Å². The fourth-order valence-corrected chi connectivity index (χ4v) is 3.24. The highest BCUT2D eigenvalue weighted by atomic mass is 16.2. The molecule has 0 saturated carbocycles. The summed E-state index contributed by atoms with van der Waals surface area (Å²) in [4.78, 5) is 21.0. The molecule has 1 aliphatic rings. The van der Waals surface area contributed by atoms with Crippen molar-refractivity contribution in [2.24, 2.45) is 0 Å². The molecule has 1 aliphatic heterocycles. The van der Waals surface area contributed by atoms with E-state index in [2.05, 4.69) is 46.5 Å². The van der Waals surface area contributed by atoms with Crippen molar-refractivity contribution in [3.63, 3.8) is 0 Å². The largest absolute Gasteiger partial charge is 0.373 e. The summed E-state index contributed by atoms with van der Waals surface area (Å²) in [6.07, 6.45) is 2.64. The first kappa shape index (κ1) is 16.5. The Kier molecular flexibility index (Phi) is 4.81. The number of carbonyl (C=O) groups excluding carboxylic acids is 1. The van der Waals surface area contributed by atoms with Crippen LogP contribution in [0.25, 0.3) is 0 Å². The van der Waals surface area contributed by atoms with Crippen LogP contribution < -0.4 is 5.32 Å². The monoisotopic (exact) mass is 324 g/mol. The summed E-state index contributed by atoms with van der Waals surface area (Å²) in [7, 11) is 5.80. The molecule has 1 N–H and O–H groups in total. The van der Waals surface area contributed by atoms with Crippen LogP contribution in [0, 0.1) is 0 Å². The van der Waals surface area contributed by atoms with E-state index in [0.717, 1.165) is 13.0 Å². The maximum Gasteiger partial charge on any atom is 0.253 e. The van der Waals surface area contributed by atoms with Crippen LogP contribution in [0.4, 0.5) is 5.82 Å². The predicted octanol–water partition coefficient (Wildman–Crippen LogP) is 2.25. The van der Waals surface area contributed by atoms with Gasteiger partial charge in [-0.15, -0.1) is 0 Å². The molecule has 3 rings (SSSR count). The van der Waals surface area contributed by atoms with Gasteiger partial charge in [-0.1, -0.05) is 24.3 Å². The fraction of sp³-hybridized carbons (Fsp3) is 0.368. The Balaban J connectivity index is 1.70. The van der Waals surface area contributed by atoms with E-state index >= 15 is 0 Å². The zero-order valence-corrected chi connectivity index (χ0v) is 14.5. The van der Waals surface area contributed by atoms with Crippen LogP contribution in [0.15, 0.2) is 42.6 Å². The van der Waals surface area contributed by atoms with E-state index in [-0.39, 0.29) is 5.91 Å². The average Bonchev–Trinajstić information content (AvgIpc) is 2.61. The fourth-order valence-electron chi connectivity index (χ4n) is 3.24. The molecule has 2 heterocycles. The Bertz CT molecular complexity index is 731. The standard InChI is InChI=1S/C19H24N4O/c1-20-18-11-15(8-9-21-18)19(24)23(3)13-17-10-14-6-4-5-7-16(14)12-22(17)2/h4-9,11,17H,10,12-13H2,1-3H3,(H,20,21). The van der Waals surface area contributed by atoms with Crippen molar-refractivity contribution in [1.82, 2.24) is 14.8 Å². The van der Waals surface area contributed by atoms with E-state index in [9.17, 15) is 4.79 Å². The van der Waals surface area contributed by atoms with Crippen molar-refractivity contribution in [3.8, 4) is 0 Å². The Morgan fingerprint density at radius 3 is 2.83 bits per heavy atom. The van der Waals surface area contributed by atoms with Crippen molar-refractivity contribution in [2.45, 2.75) is 19.0 Å². The molecule has 1 amide bonds. The second-order valence-corrected chi connectivity index (χ2v) is 6.41. The quantitative estimate of drug-likeness (QED) is 0.937. The van der Waals surface area contributed by atoms with E-state index < -0.39 is 0 Å². The number of nitrogens with zero attached hydrogens (tertiary/aromatic N) is 3. The molecule has 0 fully saturated rings. The average molecular weight is 324 g/mol. The van der Waals surface area contributed by atoms with Crippen molar-refractivity contribution < 1.29 is 4.79 Å². The molecule has 24 heavy (non-hydrogen) atoms. The number of rotatable bonds is 4. The lowest BCUT2D eigenvalue weighted by atomic mass is 9.94. The van der Waals surface area contributed by atoms with E-state index in [1.54, 1.807) is 25.4 Å². The molecular weight excluding hydrogens is 300 g/mol. The van der Waals surface area contributed by atoms with E-state index in [1.165, 1.54) is 11.1 Å². The first-order valence-electron chi connectivity index (χ1n) is 8.24. The third-order valence-corrected chi connectivity index (χ3v) is 4.71. The van der Waals surface area contributed by atoms with Crippen LogP contribution in [0.5, 0.6) is 0 Å². The minimum Gasteiger partial charge on any atom is -0.373 e. The van der Waals surface area contributed by atoms with Gasteiger partial charge in [0.15, 0.2) is 0 Å². The van der Waals surface area contributed by atoms with Gasteiger partial charge in [-0.05, 0) is 36.7 Å². The normalized spacial score (nSPS) is 17.2. The Hall–Kier alpha value is -2.40. The first-order chi connectivity index (χ1) is 11.6. The minimum atomic E-state index is 0.0289. The van der Waals surface area contributed by atoms with Crippen LogP contribution in [0.2, 0.25) is 0 Å². The Morgan fingerprint density at radius 1 is 1.33 bits per heavy atom. The summed E-state index contributed by atoms with van der Waals surface area (Å²) in [6, 6.07) is 12.4. The minimum absolute atomic E-state index is 0.0289. The van der Waals surface area contributed by atoms with Gasteiger partial charge < -0.3 is 10.2 Å². The van der Waals surface area contributed by atoms with E-state index in [4.69, 9.17) is 0 Å². The maximum atomic E-state index is 12.7. The Morgan fingerprint density at radius 2 is 2.08 bits per heavy atom. The Labute approximate surface area is 143 Å². The van der Waals surface area contributed by atoms with Gasteiger partial charge in [0.1, 0.15) is 5.82 Å². The highest BCUT2D eigenvalue weighted by Gasteiger charge is 2.25. The number of carbonyl (C=O) groups is 1. The summed E-state index contributed by atoms with van der Waals surface area (Å²) in [5.41, 5.74) is 3.44. The third-order valence-electron chi connectivity index (χ3n) is 4.71. The van der Waals surface area contributed by atoms with E-state index in [0.29, 0.717) is 24.0 Å².